The number of anilines is 2. The molecule has 0 fully saturated rings. The average Bonchev–Trinajstić information content (AvgIpc) is 2.70. The number of nitrogens with one attached hydrogen (secondary N) is 1. The topological polar surface area (TPSA) is 81.6 Å². The molecule has 0 atom stereocenters. The van der Waals surface area contributed by atoms with E-state index in [-0.39, 0.29) is 0 Å². The third kappa shape index (κ3) is 2.72. The number of hydrogen-bond donors (Lipinski definition) is 2. The van der Waals surface area contributed by atoms with Crippen LogP contribution in [0.3, 0.4) is 0 Å². The van der Waals surface area contributed by atoms with Gasteiger partial charge in [-0.05, 0) is 19.1 Å². The molecule has 2 aromatic rings. The molecule has 0 aliphatic carbocycles. The first kappa shape index (κ1) is 11.4. The van der Waals surface area contributed by atoms with Crippen LogP contribution in [0.2, 0.25) is 0 Å². The number of aromatic nitrogens is 4. The van der Waals surface area contributed by atoms with Gasteiger partial charge in [-0.1, -0.05) is 0 Å². The molecule has 3 N–H and O–H groups in total. The van der Waals surface area contributed by atoms with Crippen LogP contribution in [0, 0.1) is 6.92 Å². The van der Waals surface area contributed by atoms with Gasteiger partial charge < -0.3 is 15.6 Å². The van der Waals surface area contributed by atoms with E-state index in [9.17, 15) is 0 Å². The number of nitrogens with zero attached hydrogens (tertiary/aromatic N) is 4. The van der Waals surface area contributed by atoms with Crippen LogP contribution in [0.1, 0.15) is 11.5 Å². The monoisotopic (exact) mass is 232 g/mol. The summed E-state index contributed by atoms with van der Waals surface area (Å²) in [7, 11) is 1.93. The fraction of sp³-hybridized carbons (Fsp3) is 0.364. The minimum atomic E-state index is 0.661. The van der Waals surface area contributed by atoms with E-state index < -0.39 is 0 Å². The van der Waals surface area contributed by atoms with E-state index in [1.54, 1.807) is 6.33 Å². The van der Waals surface area contributed by atoms with E-state index in [4.69, 9.17) is 5.73 Å². The number of nitrogens with two attached hydrogens (primary N) is 1. The molecule has 0 radical (unpaired) electrons. The molecule has 17 heavy (non-hydrogen) atoms. The normalized spacial score (nSPS) is 10.5. The van der Waals surface area contributed by atoms with Crippen LogP contribution in [0.25, 0.3) is 0 Å². The molecule has 0 amide bonds. The van der Waals surface area contributed by atoms with E-state index >= 15 is 0 Å². The van der Waals surface area contributed by atoms with Gasteiger partial charge in [0.15, 0.2) is 0 Å². The highest BCUT2D eigenvalue weighted by Gasteiger charge is 2.03. The van der Waals surface area contributed by atoms with Crippen LogP contribution in [0.4, 0.5) is 11.5 Å². The lowest BCUT2D eigenvalue weighted by molar-refractivity contribution is 0.787. The fourth-order valence-corrected chi connectivity index (χ4v) is 1.54. The number of pyridine rings is 1. The van der Waals surface area contributed by atoms with Gasteiger partial charge in [-0.25, -0.2) is 4.98 Å². The molecule has 0 spiro atoms. The summed E-state index contributed by atoms with van der Waals surface area (Å²) in [4.78, 5) is 4.34. The second kappa shape index (κ2) is 4.82. The van der Waals surface area contributed by atoms with E-state index in [0.717, 1.165) is 30.3 Å². The second-order valence-corrected chi connectivity index (χ2v) is 3.93. The third-order valence-electron chi connectivity index (χ3n) is 2.51. The van der Waals surface area contributed by atoms with Crippen LogP contribution < -0.4 is 11.1 Å². The van der Waals surface area contributed by atoms with Gasteiger partial charge in [0, 0.05) is 25.7 Å². The molecular weight excluding hydrogens is 216 g/mol. The fourth-order valence-electron chi connectivity index (χ4n) is 1.54. The van der Waals surface area contributed by atoms with Gasteiger partial charge in [-0.3, -0.25) is 0 Å². The first-order valence-corrected chi connectivity index (χ1v) is 5.46. The molecule has 2 aromatic heterocycles. The molecule has 0 saturated heterocycles. The van der Waals surface area contributed by atoms with Gasteiger partial charge in [-0.15, -0.1) is 10.2 Å². The Morgan fingerprint density at radius 2 is 2.24 bits per heavy atom. The molecule has 0 unspecified atom stereocenters. The van der Waals surface area contributed by atoms with Crippen LogP contribution >= 0.6 is 0 Å². The van der Waals surface area contributed by atoms with Crippen molar-refractivity contribution in [2.24, 2.45) is 7.05 Å². The second-order valence-electron chi connectivity index (χ2n) is 3.93. The summed E-state index contributed by atoms with van der Waals surface area (Å²) in [5, 5.41) is 11.0. The van der Waals surface area contributed by atoms with Crippen molar-refractivity contribution in [3.05, 3.63) is 30.0 Å². The Bertz CT molecular complexity index is 504. The lowest BCUT2D eigenvalue weighted by atomic mass is 10.3. The minimum absolute atomic E-state index is 0.661. The minimum Gasteiger partial charge on any atom is -0.396 e. The summed E-state index contributed by atoms with van der Waals surface area (Å²) in [5.74, 6) is 1.66. The molecule has 0 aliphatic rings. The highest BCUT2D eigenvalue weighted by atomic mass is 15.2. The van der Waals surface area contributed by atoms with E-state index in [2.05, 4.69) is 20.5 Å². The van der Waals surface area contributed by atoms with Crippen molar-refractivity contribution in [3.8, 4) is 0 Å². The zero-order valence-corrected chi connectivity index (χ0v) is 10.0. The molecule has 90 valence electrons. The zero-order chi connectivity index (χ0) is 12.3. The van der Waals surface area contributed by atoms with Gasteiger partial charge in [0.1, 0.15) is 18.0 Å². The van der Waals surface area contributed by atoms with E-state index in [0.29, 0.717) is 5.69 Å². The Morgan fingerprint density at radius 3 is 2.94 bits per heavy atom. The van der Waals surface area contributed by atoms with Crippen molar-refractivity contribution in [3.63, 3.8) is 0 Å². The maximum Gasteiger partial charge on any atom is 0.149 e. The standard InChI is InChI=1S/C11H16N6/c1-8-3-4-9(12)11(15-8)13-6-5-10-16-14-7-17(10)2/h3-4,7H,5-6,12H2,1-2H3,(H,13,15). The largest absolute Gasteiger partial charge is 0.396 e. The van der Waals surface area contributed by atoms with Crippen molar-refractivity contribution in [1.29, 1.82) is 0 Å². The van der Waals surface area contributed by atoms with Crippen molar-refractivity contribution >= 4 is 11.5 Å². The molecular formula is C11H16N6. The summed E-state index contributed by atoms with van der Waals surface area (Å²) in [6.45, 7) is 2.67. The van der Waals surface area contributed by atoms with Crippen molar-refractivity contribution in [1.82, 2.24) is 19.7 Å². The van der Waals surface area contributed by atoms with Gasteiger partial charge >= 0.3 is 0 Å². The Kier molecular flexibility index (Phi) is 3.22. The molecule has 0 aliphatic heterocycles. The van der Waals surface area contributed by atoms with Crippen LogP contribution in [0.5, 0.6) is 0 Å². The molecule has 6 heteroatoms. The number of hydrogen-bond acceptors (Lipinski definition) is 5. The van der Waals surface area contributed by atoms with Gasteiger partial charge in [0.25, 0.3) is 0 Å². The molecule has 0 bridgehead atoms. The predicted octanol–water partition coefficient (Wildman–Crippen LogP) is 0.755. The maximum atomic E-state index is 5.82. The number of nitrogen functional groups attached to an aromatic ring is 1. The lowest BCUT2D eigenvalue weighted by Gasteiger charge is -2.08. The van der Waals surface area contributed by atoms with Crippen LogP contribution in [-0.4, -0.2) is 26.3 Å². The third-order valence-corrected chi connectivity index (χ3v) is 2.51. The highest BCUT2D eigenvalue weighted by Crippen LogP contribution is 2.14. The summed E-state index contributed by atoms with van der Waals surface area (Å²) in [6.07, 6.45) is 2.47. The Morgan fingerprint density at radius 1 is 1.41 bits per heavy atom. The average molecular weight is 232 g/mol. The first-order chi connectivity index (χ1) is 8.16. The highest BCUT2D eigenvalue weighted by molar-refractivity contribution is 5.61. The molecule has 0 saturated carbocycles. The Labute approximate surface area is 99.9 Å². The summed E-state index contributed by atoms with van der Waals surface area (Å²) in [5.41, 5.74) is 7.43. The van der Waals surface area contributed by atoms with Crippen LogP contribution in [0.15, 0.2) is 18.5 Å². The zero-order valence-electron chi connectivity index (χ0n) is 10.0. The van der Waals surface area contributed by atoms with Crippen molar-refractivity contribution in [2.75, 3.05) is 17.6 Å². The number of aryl methyl sites for hydroxylation is 2. The maximum absolute atomic E-state index is 5.82. The number of rotatable bonds is 4. The quantitative estimate of drug-likeness (QED) is 0.813. The van der Waals surface area contributed by atoms with Gasteiger partial charge in [0.2, 0.25) is 0 Å². The Balaban J connectivity index is 1.94. The van der Waals surface area contributed by atoms with E-state index in [1.807, 2.05) is 30.7 Å². The molecule has 2 heterocycles. The molecule has 2 rings (SSSR count). The van der Waals surface area contributed by atoms with Crippen molar-refractivity contribution in [2.45, 2.75) is 13.3 Å². The predicted molar refractivity (Wildman–Crippen MR) is 66.6 cm³/mol. The summed E-state index contributed by atoms with van der Waals surface area (Å²) >= 11 is 0. The van der Waals surface area contributed by atoms with Crippen LogP contribution in [-0.2, 0) is 13.5 Å². The van der Waals surface area contributed by atoms with E-state index in [1.165, 1.54) is 0 Å². The molecule has 0 aromatic carbocycles. The first-order valence-electron chi connectivity index (χ1n) is 5.46. The Hall–Kier alpha value is -2.11. The molecule has 6 nitrogen and oxygen atoms in total. The van der Waals surface area contributed by atoms with Gasteiger partial charge in [-0.2, -0.15) is 0 Å². The summed E-state index contributed by atoms with van der Waals surface area (Å²) < 4.78 is 1.90. The smallest absolute Gasteiger partial charge is 0.149 e. The summed E-state index contributed by atoms with van der Waals surface area (Å²) in [6, 6.07) is 3.75. The lowest BCUT2D eigenvalue weighted by Crippen LogP contribution is -2.11. The van der Waals surface area contributed by atoms with Gasteiger partial charge in [0.05, 0.1) is 5.69 Å². The SMILES string of the molecule is Cc1ccc(N)c(NCCc2nncn2C)n1. The van der Waals surface area contributed by atoms with Crippen molar-refractivity contribution < 1.29 is 0 Å².